The van der Waals surface area contributed by atoms with Gasteiger partial charge in [-0.3, -0.25) is 9.59 Å². The fourth-order valence-electron chi connectivity index (χ4n) is 3.99. The van der Waals surface area contributed by atoms with E-state index in [0.29, 0.717) is 31.0 Å². The van der Waals surface area contributed by atoms with Crippen molar-refractivity contribution in [3.8, 4) is 0 Å². The number of amides is 2. The molecule has 1 fully saturated rings. The van der Waals surface area contributed by atoms with Gasteiger partial charge in [0.25, 0.3) is 5.91 Å². The Morgan fingerprint density at radius 2 is 1.67 bits per heavy atom. The Kier molecular flexibility index (Phi) is 7.14. The molecule has 160 valence electrons. The summed E-state index contributed by atoms with van der Waals surface area (Å²) in [6, 6.07) is 15.5. The van der Waals surface area contributed by atoms with Crippen molar-refractivity contribution in [1.82, 2.24) is 10.2 Å². The summed E-state index contributed by atoms with van der Waals surface area (Å²) in [4.78, 5) is 30.3. The fraction of sp³-hybridized carbons (Fsp3) is 0.440. The maximum Gasteiger partial charge on any atom is 0.252 e. The molecule has 5 nitrogen and oxygen atoms in total. The molecule has 0 spiro atoms. The van der Waals surface area contributed by atoms with Crippen molar-refractivity contribution in [3.63, 3.8) is 0 Å². The summed E-state index contributed by atoms with van der Waals surface area (Å²) < 4.78 is 0. The Labute approximate surface area is 180 Å². The van der Waals surface area contributed by atoms with Gasteiger partial charge in [-0.2, -0.15) is 0 Å². The van der Waals surface area contributed by atoms with Gasteiger partial charge in [-0.15, -0.1) is 0 Å². The zero-order chi connectivity index (χ0) is 21.7. The fourth-order valence-corrected chi connectivity index (χ4v) is 3.99. The second kappa shape index (κ2) is 9.79. The average molecular weight is 408 g/mol. The van der Waals surface area contributed by atoms with Crippen LogP contribution in [0.2, 0.25) is 0 Å². The molecule has 1 aliphatic rings. The van der Waals surface area contributed by atoms with Crippen LogP contribution in [-0.2, 0) is 4.79 Å². The minimum Gasteiger partial charge on any atom is -0.368 e. The average Bonchev–Trinajstić information content (AvgIpc) is 2.73. The maximum absolute atomic E-state index is 13.3. The van der Waals surface area contributed by atoms with Gasteiger partial charge in [0.2, 0.25) is 5.91 Å². The molecule has 0 radical (unpaired) electrons. The molecule has 2 amide bonds. The van der Waals surface area contributed by atoms with Crippen LogP contribution in [0.1, 0.15) is 41.8 Å². The van der Waals surface area contributed by atoms with Crippen molar-refractivity contribution in [1.29, 1.82) is 0 Å². The number of hydrogen-bond acceptors (Lipinski definition) is 3. The van der Waals surface area contributed by atoms with Crippen LogP contribution in [0.3, 0.4) is 0 Å². The first-order valence-electron chi connectivity index (χ1n) is 10.8. The van der Waals surface area contributed by atoms with Gasteiger partial charge in [0.05, 0.1) is 0 Å². The van der Waals surface area contributed by atoms with Crippen LogP contribution in [0, 0.1) is 19.8 Å². The highest BCUT2D eigenvalue weighted by atomic mass is 16.2. The minimum absolute atomic E-state index is 0.0227. The van der Waals surface area contributed by atoms with Crippen molar-refractivity contribution in [2.75, 3.05) is 31.1 Å². The summed E-state index contributed by atoms with van der Waals surface area (Å²) in [6.07, 6.45) is 0.633. The molecule has 1 aliphatic heterocycles. The van der Waals surface area contributed by atoms with Crippen LogP contribution in [0.15, 0.2) is 48.5 Å². The van der Waals surface area contributed by atoms with E-state index >= 15 is 0 Å². The number of rotatable bonds is 6. The number of nitrogens with one attached hydrogen (secondary N) is 1. The van der Waals surface area contributed by atoms with Crippen molar-refractivity contribution in [2.24, 2.45) is 5.92 Å². The van der Waals surface area contributed by atoms with Crippen molar-refractivity contribution >= 4 is 17.5 Å². The highest BCUT2D eigenvalue weighted by Crippen LogP contribution is 2.19. The Morgan fingerprint density at radius 3 is 2.30 bits per heavy atom. The number of nitrogens with zero attached hydrogens (tertiary/aromatic N) is 2. The number of carbonyl (C=O) groups is 2. The molecule has 1 unspecified atom stereocenters. The van der Waals surface area contributed by atoms with Gasteiger partial charge in [-0.25, -0.2) is 0 Å². The molecule has 2 aromatic rings. The van der Waals surface area contributed by atoms with Crippen LogP contribution in [0.4, 0.5) is 5.69 Å². The van der Waals surface area contributed by atoms with Gasteiger partial charge >= 0.3 is 0 Å². The Hall–Kier alpha value is -2.82. The van der Waals surface area contributed by atoms with Gasteiger partial charge in [-0.1, -0.05) is 44.2 Å². The van der Waals surface area contributed by atoms with E-state index in [1.54, 1.807) is 0 Å². The van der Waals surface area contributed by atoms with Gasteiger partial charge in [-0.05, 0) is 55.5 Å². The molecule has 0 aliphatic carbocycles. The minimum atomic E-state index is -0.498. The predicted octanol–water partition coefficient (Wildman–Crippen LogP) is 3.80. The van der Waals surface area contributed by atoms with Crippen LogP contribution in [-0.4, -0.2) is 48.9 Å². The normalized spacial score (nSPS) is 15.2. The molecule has 1 N–H and O–H groups in total. The molecular formula is C25H33N3O2. The third kappa shape index (κ3) is 5.41. The summed E-state index contributed by atoms with van der Waals surface area (Å²) >= 11 is 0. The van der Waals surface area contributed by atoms with Crippen molar-refractivity contribution in [2.45, 2.75) is 40.2 Å². The van der Waals surface area contributed by atoms with E-state index in [9.17, 15) is 9.59 Å². The van der Waals surface area contributed by atoms with E-state index in [1.807, 2.05) is 36.1 Å². The van der Waals surface area contributed by atoms with Crippen molar-refractivity contribution < 1.29 is 9.59 Å². The van der Waals surface area contributed by atoms with Crippen LogP contribution in [0.25, 0.3) is 0 Å². The largest absolute Gasteiger partial charge is 0.368 e. The van der Waals surface area contributed by atoms with Gasteiger partial charge in [0.15, 0.2) is 0 Å². The zero-order valence-corrected chi connectivity index (χ0v) is 18.5. The lowest BCUT2D eigenvalue weighted by atomic mass is 10.0. The van der Waals surface area contributed by atoms with Gasteiger partial charge in [0.1, 0.15) is 6.04 Å². The smallest absolute Gasteiger partial charge is 0.252 e. The quantitative estimate of drug-likeness (QED) is 0.793. The lowest BCUT2D eigenvalue weighted by molar-refractivity contribution is -0.134. The zero-order valence-electron chi connectivity index (χ0n) is 18.5. The lowest BCUT2D eigenvalue weighted by Crippen LogP contribution is -2.55. The number of hydrogen-bond donors (Lipinski definition) is 1. The highest BCUT2D eigenvalue weighted by molar-refractivity contribution is 5.98. The molecule has 0 aromatic heterocycles. The van der Waals surface area contributed by atoms with E-state index in [0.717, 1.165) is 18.7 Å². The highest BCUT2D eigenvalue weighted by Gasteiger charge is 2.29. The van der Waals surface area contributed by atoms with E-state index in [-0.39, 0.29) is 11.8 Å². The summed E-state index contributed by atoms with van der Waals surface area (Å²) in [5.74, 6) is 0.157. The number of anilines is 1. The van der Waals surface area contributed by atoms with Gasteiger partial charge < -0.3 is 15.1 Å². The maximum atomic E-state index is 13.3. The Bertz CT molecular complexity index is 885. The molecule has 3 rings (SSSR count). The molecular weight excluding hydrogens is 374 g/mol. The van der Waals surface area contributed by atoms with Crippen LogP contribution < -0.4 is 10.2 Å². The van der Waals surface area contributed by atoms with E-state index in [2.05, 4.69) is 55.3 Å². The molecule has 30 heavy (non-hydrogen) atoms. The molecule has 2 aromatic carbocycles. The SMILES string of the molecule is Cc1cccc(N2CCN(C(=O)C(CC(C)C)NC(=O)c3ccccc3C)CC2)c1. The topological polar surface area (TPSA) is 52.6 Å². The third-order valence-corrected chi connectivity index (χ3v) is 5.66. The van der Waals surface area contributed by atoms with Gasteiger partial charge in [0, 0.05) is 37.4 Å². The number of carbonyl (C=O) groups excluding carboxylic acids is 2. The van der Waals surface area contributed by atoms with Crippen LogP contribution in [0.5, 0.6) is 0 Å². The lowest BCUT2D eigenvalue weighted by Gasteiger charge is -2.38. The Balaban J connectivity index is 1.65. The third-order valence-electron chi connectivity index (χ3n) is 5.66. The summed E-state index contributed by atoms with van der Waals surface area (Å²) in [5.41, 5.74) is 3.98. The molecule has 5 heteroatoms. The van der Waals surface area contributed by atoms with Crippen molar-refractivity contribution in [3.05, 3.63) is 65.2 Å². The molecule has 1 atom stereocenters. The molecule has 0 saturated carbocycles. The predicted molar refractivity (Wildman–Crippen MR) is 122 cm³/mol. The second-order valence-electron chi connectivity index (χ2n) is 8.62. The van der Waals surface area contributed by atoms with Crippen LogP contribution >= 0.6 is 0 Å². The standard InChI is InChI=1S/C25H33N3O2/c1-18(2)16-23(26-24(29)22-11-6-5-9-20(22)4)25(30)28-14-12-27(13-15-28)21-10-7-8-19(3)17-21/h5-11,17-18,23H,12-16H2,1-4H3,(H,26,29). The van der Waals surface area contributed by atoms with E-state index < -0.39 is 6.04 Å². The van der Waals surface area contributed by atoms with E-state index in [4.69, 9.17) is 0 Å². The summed E-state index contributed by atoms with van der Waals surface area (Å²) in [5, 5.41) is 3.01. The first-order chi connectivity index (χ1) is 14.3. The second-order valence-corrected chi connectivity index (χ2v) is 8.62. The monoisotopic (exact) mass is 407 g/mol. The number of piperazine rings is 1. The number of benzene rings is 2. The Morgan fingerprint density at radius 1 is 0.967 bits per heavy atom. The summed E-state index contributed by atoms with van der Waals surface area (Å²) in [6.45, 7) is 11.1. The molecule has 0 bridgehead atoms. The van der Waals surface area contributed by atoms with E-state index in [1.165, 1.54) is 11.3 Å². The first kappa shape index (κ1) is 21.9. The first-order valence-corrected chi connectivity index (χ1v) is 10.8. The molecule has 1 heterocycles. The molecule has 1 saturated heterocycles. The number of aryl methyl sites for hydroxylation is 2. The summed E-state index contributed by atoms with van der Waals surface area (Å²) in [7, 11) is 0.